The Kier molecular flexibility index (Phi) is 4.26. The maximum atomic E-state index is 9.78. The van der Waals surface area contributed by atoms with Gasteiger partial charge in [-0.3, -0.25) is 0 Å². The van der Waals surface area contributed by atoms with E-state index in [1.54, 1.807) is 6.07 Å². The number of nitrogens with two attached hydrogens (primary N) is 1. The van der Waals surface area contributed by atoms with Crippen LogP contribution in [-0.4, -0.2) is 18.3 Å². The van der Waals surface area contributed by atoms with Crippen molar-refractivity contribution < 1.29 is 9.84 Å². The van der Waals surface area contributed by atoms with Crippen LogP contribution in [0.4, 0.5) is 0 Å². The number of benzene rings is 1. The summed E-state index contributed by atoms with van der Waals surface area (Å²) in [6.07, 6.45) is 1.67. The van der Waals surface area contributed by atoms with Gasteiger partial charge in [0.25, 0.3) is 0 Å². The van der Waals surface area contributed by atoms with Crippen molar-refractivity contribution in [2.75, 3.05) is 13.2 Å². The van der Waals surface area contributed by atoms with E-state index in [0.717, 1.165) is 18.4 Å². The molecule has 0 radical (unpaired) electrons. The first-order valence-electron chi connectivity index (χ1n) is 4.93. The third kappa shape index (κ3) is 2.64. The average molecular weight is 195 g/mol. The minimum absolute atomic E-state index is 0.253. The van der Waals surface area contributed by atoms with E-state index in [1.165, 1.54) is 0 Å². The number of hydrogen-bond donors (Lipinski definition) is 2. The first-order chi connectivity index (χ1) is 6.79. The summed E-state index contributed by atoms with van der Waals surface area (Å²) in [7, 11) is 0. The minimum Gasteiger partial charge on any atom is -0.504 e. The van der Waals surface area contributed by atoms with Crippen molar-refractivity contribution in [1.82, 2.24) is 0 Å². The maximum Gasteiger partial charge on any atom is 0.161 e. The minimum atomic E-state index is 0.253. The number of aromatic hydroxyl groups is 1. The van der Waals surface area contributed by atoms with Crippen LogP contribution in [-0.2, 0) is 6.42 Å². The predicted octanol–water partition coefficient (Wildman–Crippen LogP) is 1.68. The molecule has 0 aliphatic rings. The molecular weight excluding hydrogens is 178 g/mol. The number of para-hydroxylation sites is 1. The summed E-state index contributed by atoms with van der Waals surface area (Å²) in [5.41, 5.74) is 6.31. The number of phenols is 1. The normalized spacial score (nSPS) is 10.1. The zero-order valence-corrected chi connectivity index (χ0v) is 8.49. The Balaban J connectivity index is 2.78. The summed E-state index contributed by atoms with van der Waals surface area (Å²) in [6.45, 7) is 3.10. The lowest BCUT2D eigenvalue weighted by atomic mass is 10.1. The fourth-order valence-corrected chi connectivity index (χ4v) is 1.33. The monoisotopic (exact) mass is 195 g/mol. The summed E-state index contributed by atoms with van der Waals surface area (Å²) >= 11 is 0. The Morgan fingerprint density at radius 2 is 2.21 bits per heavy atom. The highest BCUT2D eigenvalue weighted by Crippen LogP contribution is 2.30. The van der Waals surface area contributed by atoms with Gasteiger partial charge in [-0.05, 0) is 37.9 Å². The number of ether oxygens (including phenoxy) is 1. The molecule has 0 atom stereocenters. The summed E-state index contributed by atoms with van der Waals surface area (Å²) < 4.78 is 5.28. The molecule has 0 unspecified atom stereocenters. The lowest BCUT2D eigenvalue weighted by Gasteiger charge is -2.09. The molecule has 0 amide bonds. The molecule has 78 valence electrons. The molecule has 14 heavy (non-hydrogen) atoms. The van der Waals surface area contributed by atoms with Gasteiger partial charge in [0.1, 0.15) is 0 Å². The van der Waals surface area contributed by atoms with Crippen LogP contribution in [0.5, 0.6) is 11.5 Å². The topological polar surface area (TPSA) is 55.5 Å². The van der Waals surface area contributed by atoms with Gasteiger partial charge in [-0.1, -0.05) is 12.1 Å². The molecule has 3 heteroatoms. The van der Waals surface area contributed by atoms with E-state index >= 15 is 0 Å². The molecule has 1 aromatic rings. The molecule has 0 aromatic heterocycles. The third-order valence-corrected chi connectivity index (χ3v) is 2.03. The van der Waals surface area contributed by atoms with Crippen molar-refractivity contribution in [2.24, 2.45) is 5.73 Å². The fraction of sp³-hybridized carbons (Fsp3) is 0.455. The largest absolute Gasteiger partial charge is 0.504 e. The summed E-state index contributed by atoms with van der Waals surface area (Å²) in [4.78, 5) is 0. The average Bonchev–Trinajstić information content (AvgIpc) is 2.20. The molecule has 0 fully saturated rings. The van der Waals surface area contributed by atoms with Crippen LogP contribution in [0.2, 0.25) is 0 Å². The van der Waals surface area contributed by atoms with Crippen LogP contribution < -0.4 is 10.5 Å². The molecule has 3 N–H and O–H groups in total. The molecule has 1 rings (SSSR count). The van der Waals surface area contributed by atoms with E-state index in [1.807, 2.05) is 19.1 Å². The van der Waals surface area contributed by atoms with Gasteiger partial charge in [-0.25, -0.2) is 0 Å². The van der Waals surface area contributed by atoms with Crippen molar-refractivity contribution >= 4 is 0 Å². The first kappa shape index (κ1) is 10.9. The molecular formula is C11H17NO2. The highest BCUT2D eigenvalue weighted by molar-refractivity contribution is 5.45. The molecule has 3 nitrogen and oxygen atoms in total. The molecule has 0 heterocycles. The molecule has 0 saturated heterocycles. The lowest BCUT2D eigenvalue weighted by Crippen LogP contribution is -2.01. The van der Waals surface area contributed by atoms with Gasteiger partial charge in [0.15, 0.2) is 11.5 Å². The Labute approximate surface area is 84.5 Å². The standard InChI is InChI=1S/C11H17NO2/c1-2-14-10-7-3-5-9(11(10)13)6-4-8-12/h3,5,7,13H,2,4,6,8,12H2,1H3. The number of phenolic OH excluding ortho intramolecular Hbond substituents is 1. The van der Waals surface area contributed by atoms with Gasteiger partial charge in [-0.2, -0.15) is 0 Å². The number of rotatable bonds is 5. The Hall–Kier alpha value is -1.22. The van der Waals surface area contributed by atoms with Crippen LogP contribution >= 0.6 is 0 Å². The second kappa shape index (κ2) is 5.50. The summed E-state index contributed by atoms with van der Waals surface area (Å²) in [5, 5.41) is 9.78. The predicted molar refractivity (Wildman–Crippen MR) is 56.7 cm³/mol. The van der Waals surface area contributed by atoms with E-state index < -0.39 is 0 Å². The van der Waals surface area contributed by atoms with E-state index in [-0.39, 0.29) is 5.75 Å². The molecule has 0 bridgehead atoms. The zero-order chi connectivity index (χ0) is 10.4. The van der Waals surface area contributed by atoms with Crippen molar-refractivity contribution in [3.63, 3.8) is 0 Å². The highest BCUT2D eigenvalue weighted by Gasteiger charge is 2.06. The van der Waals surface area contributed by atoms with Crippen molar-refractivity contribution in [2.45, 2.75) is 19.8 Å². The van der Waals surface area contributed by atoms with Gasteiger partial charge in [0, 0.05) is 0 Å². The Morgan fingerprint density at radius 3 is 2.86 bits per heavy atom. The van der Waals surface area contributed by atoms with Crippen LogP contribution in [0.3, 0.4) is 0 Å². The van der Waals surface area contributed by atoms with E-state index in [0.29, 0.717) is 18.9 Å². The quantitative estimate of drug-likeness (QED) is 0.751. The highest BCUT2D eigenvalue weighted by atomic mass is 16.5. The lowest BCUT2D eigenvalue weighted by molar-refractivity contribution is 0.316. The smallest absolute Gasteiger partial charge is 0.161 e. The molecule has 0 aliphatic carbocycles. The van der Waals surface area contributed by atoms with Gasteiger partial charge in [-0.15, -0.1) is 0 Å². The van der Waals surface area contributed by atoms with Crippen LogP contribution in [0.1, 0.15) is 18.9 Å². The fourth-order valence-electron chi connectivity index (χ4n) is 1.33. The molecule has 0 saturated carbocycles. The molecule has 1 aromatic carbocycles. The number of hydrogen-bond acceptors (Lipinski definition) is 3. The SMILES string of the molecule is CCOc1cccc(CCCN)c1O. The van der Waals surface area contributed by atoms with E-state index in [4.69, 9.17) is 10.5 Å². The third-order valence-electron chi connectivity index (χ3n) is 2.03. The van der Waals surface area contributed by atoms with Crippen LogP contribution in [0.25, 0.3) is 0 Å². The van der Waals surface area contributed by atoms with Crippen LogP contribution in [0, 0.1) is 0 Å². The van der Waals surface area contributed by atoms with Gasteiger partial charge >= 0.3 is 0 Å². The van der Waals surface area contributed by atoms with Crippen molar-refractivity contribution in [3.05, 3.63) is 23.8 Å². The second-order valence-electron chi connectivity index (χ2n) is 3.09. The second-order valence-corrected chi connectivity index (χ2v) is 3.09. The van der Waals surface area contributed by atoms with Gasteiger partial charge < -0.3 is 15.6 Å². The first-order valence-corrected chi connectivity index (χ1v) is 4.93. The van der Waals surface area contributed by atoms with Gasteiger partial charge in [0.05, 0.1) is 6.61 Å². The van der Waals surface area contributed by atoms with Crippen molar-refractivity contribution in [3.8, 4) is 11.5 Å². The summed E-state index contributed by atoms with van der Waals surface area (Å²) in [6, 6.07) is 5.55. The van der Waals surface area contributed by atoms with Crippen LogP contribution in [0.15, 0.2) is 18.2 Å². The zero-order valence-electron chi connectivity index (χ0n) is 8.49. The summed E-state index contributed by atoms with van der Waals surface area (Å²) in [5.74, 6) is 0.810. The van der Waals surface area contributed by atoms with Gasteiger partial charge in [0.2, 0.25) is 0 Å². The van der Waals surface area contributed by atoms with E-state index in [9.17, 15) is 5.11 Å². The number of aryl methyl sites for hydroxylation is 1. The Bertz CT molecular complexity index is 287. The molecule has 0 spiro atoms. The Morgan fingerprint density at radius 1 is 1.43 bits per heavy atom. The molecule has 0 aliphatic heterocycles. The van der Waals surface area contributed by atoms with Crippen molar-refractivity contribution in [1.29, 1.82) is 0 Å². The maximum absolute atomic E-state index is 9.78. The van der Waals surface area contributed by atoms with E-state index in [2.05, 4.69) is 0 Å².